The Morgan fingerprint density at radius 3 is 1.25 bits per heavy atom. The molecule has 0 heterocycles. The Balaban J connectivity index is 0. The SMILES string of the molecule is CC(=O)O.CCCCCCCCC=CCCCCCCCC(=O)C(O)CN(CCCN(C)C)C(=O)CCCCCCCC=CCCCCCCCC. The number of unbranched alkanes of at least 4 members (excludes halogenated alkanes) is 22. The zero-order valence-electron chi connectivity index (χ0n) is 35.0. The van der Waals surface area contributed by atoms with Gasteiger partial charge in [-0.25, -0.2) is 0 Å². The lowest BCUT2D eigenvalue weighted by Crippen LogP contribution is -2.41. The van der Waals surface area contributed by atoms with Crippen molar-refractivity contribution in [2.45, 2.75) is 213 Å². The first kappa shape index (κ1) is 52.1. The van der Waals surface area contributed by atoms with Gasteiger partial charge in [0.15, 0.2) is 5.78 Å². The number of rotatable bonds is 37. The molecule has 2 N–H and O–H groups in total. The van der Waals surface area contributed by atoms with Gasteiger partial charge in [-0.05, 0) is 91.3 Å². The summed E-state index contributed by atoms with van der Waals surface area (Å²) in [5.74, 6) is -0.863. The van der Waals surface area contributed by atoms with E-state index in [2.05, 4.69) is 43.1 Å². The lowest BCUT2D eigenvalue weighted by Gasteiger charge is -2.26. The van der Waals surface area contributed by atoms with E-state index in [1.54, 1.807) is 4.90 Å². The van der Waals surface area contributed by atoms with E-state index in [-0.39, 0.29) is 18.2 Å². The molecule has 0 saturated carbocycles. The molecule has 0 aromatic heterocycles. The van der Waals surface area contributed by atoms with Crippen molar-refractivity contribution >= 4 is 17.7 Å². The first-order chi connectivity index (χ1) is 25.1. The fourth-order valence-corrected chi connectivity index (χ4v) is 6.25. The highest BCUT2D eigenvalue weighted by molar-refractivity contribution is 5.84. The van der Waals surface area contributed by atoms with Gasteiger partial charge in [-0.3, -0.25) is 14.4 Å². The van der Waals surface area contributed by atoms with Crippen LogP contribution in [0.1, 0.15) is 207 Å². The van der Waals surface area contributed by atoms with Crippen molar-refractivity contribution in [3.05, 3.63) is 24.3 Å². The molecule has 0 fully saturated rings. The van der Waals surface area contributed by atoms with Gasteiger partial charge in [0.1, 0.15) is 6.10 Å². The summed E-state index contributed by atoms with van der Waals surface area (Å²) in [6, 6.07) is 0. The average molecular weight is 735 g/mol. The molecule has 0 saturated heterocycles. The number of carbonyl (C=O) groups excluding carboxylic acids is 2. The summed E-state index contributed by atoms with van der Waals surface area (Å²) in [6.45, 7) is 7.24. The maximum Gasteiger partial charge on any atom is 0.300 e. The van der Waals surface area contributed by atoms with Gasteiger partial charge >= 0.3 is 0 Å². The Bertz CT molecular complexity index is 853. The average Bonchev–Trinajstić information content (AvgIpc) is 3.10. The number of carboxylic acid groups (broad SMARTS) is 1. The highest BCUT2D eigenvalue weighted by Gasteiger charge is 2.22. The summed E-state index contributed by atoms with van der Waals surface area (Å²) in [7, 11) is 4.06. The van der Waals surface area contributed by atoms with E-state index in [1.807, 2.05) is 14.1 Å². The number of Topliss-reactive ketones (excluding diaryl/α,β-unsaturated/α-hetero) is 1. The minimum atomic E-state index is -1.07. The van der Waals surface area contributed by atoms with Gasteiger partial charge in [-0.1, -0.05) is 141 Å². The maximum atomic E-state index is 13.1. The van der Waals surface area contributed by atoms with Gasteiger partial charge in [0, 0.05) is 26.3 Å². The van der Waals surface area contributed by atoms with E-state index < -0.39 is 12.1 Å². The van der Waals surface area contributed by atoms with E-state index in [4.69, 9.17) is 9.90 Å². The van der Waals surface area contributed by atoms with Gasteiger partial charge in [0.25, 0.3) is 5.97 Å². The fraction of sp³-hybridized carbons (Fsp3) is 0.844. The Morgan fingerprint density at radius 2 is 0.865 bits per heavy atom. The van der Waals surface area contributed by atoms with Crippen molar-refractivity contribution in [2.24, 2.45) is 0 Å². The monoisotopic (exact) mass is 735 g/mol. The number of hydrogen-bond acceptors (Lipinski definition) is 5. The molecule has 7 heteroatoms. The Labute approximate surface area is 322 Å². The molecule has 52 heavy (non-hydrogen) atoms. The van der Waals surface area contributed by atoms with Crippen LogP contribution in [-0.2, 0) is 14.4 Å². The number of aliphatic hydroxyl groups excluding tert-OH is 1. The summed E-state index contributed by atoms with van der Waals surface area (Å²) < 4.78 is 0. The number of nitrogens with zero attached hydrogens (tertiary/aromatic N) is 2. The summed E-state index contributed by atoms with van der Waals surface area (Å²) in [6.07, 6.45) is 42.1. The standard InChI is InChI=1S/C43H82N2O3.C2H4O2/c1-5-7-9-11-13-15-17-19-21-23-25-27-29-31-33-36-41(46)42(47)40-45(39-35-38-44(3)4)43(48)37-34-32-30-28-26-24-22-20-18-16-14-12-10-8-6-2;1-2(3)4/h19-22,42,47H,5-18,23-40H2,1-4H3;1H3,(H,3,4). The number of carbonyl (C=O) groups is 3. The molecule has 0 bridgehead atoms. The quantitative estimate of drug-likeness (QED) is 0.0487. The first-order valence-corrected chi connectivity index (χ1v) is 21.8. The summed E-state index contributed by atoms with van der Waals surface area (Å²) in [5, 5.41) is 18.1. The van der Waals surface area contributed by atoms with Crippen molar-refractivity contribution in [3.63, 3.8) is 0 Å². The molecule has 0 aromatic rings. The zero-order chi connectivity index (χ0) is 38.9. The molecule has 1 amide bonds. The molecule has 0 rings (SSSR count). The molecular formula is C45H86N2O5. The number of ketones is 1. The predicted octanol–water partition coefficient (Wildman–Crippen LogP) is 11.9. The Morgan fingerprint density at radius 1 is 0.519 bits per heavy atom. The van der Waals surface area contributed by atoms with Crippen molar-refractivity contribution in [1.29, 1.82) is 0 Å². The summed E-state index contributed by atoms with van der Waals surface area (Å²) >= 11 is 0. The topological polar surface area (TPSA) is 98.1 Å². The fourth-order valence-electron chi connectivity index (χ4n) is 6.25. The van der Waals surface area contributed by atoms with Gasteiger partial charge in [-0.2, -0.15) is 0 Å². The van der Waals surface area contributed by atoms with Crippen LogP contribution in [0.5, 0.6) is 0 Å². The third-order valence-corrected chi connectivity index (χ3v) is 9.49. The van der Waals surface area contributed by atoms with Crippen molar-refractivity contribution in [3.8, 4) is 0 Å². The van der Waals surface area contributed by atoms with E-state index in [0.29, 0.717) is 19.4 Å². The molecule has 0 aliphatic rings. The maximum absolute atomic E-state index is 13.1. The van der Waals surface area contributed by atoms with Gasteiger partial charge in [-0.15, -0.1) is 0 Å². The third kappa shape index (κ3) is 42.4. The first-order valence-electron chi connectivity index (χ1n) is 21.8. The number of amides is 1. The number of carboxylic acids is 1. The number of aliphatic hydroxyl groups is 1. The smallest absolute Gasteiger partial charge is 0.300 e. The molecule has 1 atom stereocenters. The Kier molecular flexibility index (Phi) is 41.9. The minimum Gasteiger partial charge on any atom is -0.481 e. The normalized spacial score (nSPS) is 12.1. The largest absolute Gasteiger partial charge is 0.481 e. The van der Waals surface area contributed by atoms with Gasteiger partial charge < -0.3 is 20.0 Å². The summed E-state index contributed by atoms with van der Waals surface area (Å²) in [4.78, 5) is 38.7. The Hall–Kier alpha value is -1.99. The van der Waals surface area contributed by atoms with Crippen molar-refractivity contribution < 1.29 is 24.6 Å². The molecule has 7 nitrogen and oxygen atoms in total. The lowest BCUT2D eigenvalue weighted by atomic mass is 10.0. The number of hydrogen-bond donors (Lipinski definition) is 2. The highest BCUT2D eigenvalue weighted by Crippen LogP contribution is 2.14. The van der Waals surface area contributed by atoms with Crippen LogP contribution in [0.4, 0.5) is 0 Å². The minimum absolute atomic E-state index is 0.0826. The van der Waals surface area contributed by atoms with Crippen LogP contribution in [0, 0.1) is 0 Å². The number of allylic oxidation sites excluding steroid dienone is 4. The van der Waals surface area contributed by atoms with Crippen LogP contribution >= 0.6 is 0 Å². The van der Waals surface area contributed by atoms with Crippen LogP contribution in [-0.4, -0.2) is 77.5 Å². The highest BCUT2D eigenvalue weighted by atomic mass is 16.4. The van der Waals surface area contributed by atoms with Crippen LogP contribution in [0.2, 0.25) is 0 Å². The third-order valence-electron chi connectivity index (χ3n) is 9.49. The molecule has 306 valence electrons. The molecule has 0 aromatic carbocycles. The second kappa shape index (κ2) is 41.8. The number of aliphatic carboxylic acids is 1. The van der Waals surface area contributed by atoms with Crippen LogP contribution in [0.3, 0.4) is 0 Å². The second-order valence-corrected chi connectivity index (χ2v) is 15.2. The van der Waals surface area contributed by atoms with E-state index in [9.17, 15) is 14.7 Å². The van der Waals surface area contributed by atoms with Crippen LogP contribution in [0.25, 0.3) is 0 Å². The molecule has 1 unspecified atom stereocenters. The van der Waals surface area contributed by atoms with Gasteiger partial charge in [0.2, 0.25) is 5.91 Å². The molecular weight excluding hydrogens is 649 g/mol. The predicted molar refractivity (Wildman–Crippen MR) is 223 cm³/mol. The summed E-state index contributed by atoms with van der Waals surface area (Å²) in [5.41, 5.74) is 0. The van der Waals surface area contributed by atoms with E-state index >= 15 is 0 Å². The molecule has 0 aliphatic heterocycles. The lowest BCUT2D eigenvalue weighted by molar-refractivity contribution is -0.136. The molecule has 0 aliphatic carbocycles. The van der Waals surface area contributed by atoms with Crippen LogP contribution < -0.4 is 0 Å². The van der Waals surface area contributed by atoms with Crippen LogP contribution in [0.15, 0.2) is 24.3 Å². The molecule has 0 spiro atoms. The zero-order valence-corrected chi connectivity index (χ0v) is 35.0. The van der Waals surface area contributed by atoms with Crippen molar-refractivity contribution in [1.82, 2.24) is 9.80 Å². The second-order valence-electron chi connectivity index (χ2n) is 15.2. The van der Waals surface area contributed by atoms with E-state index in [1.165, 1.54) is 116 Å². The van der Waals surface area contributed by atoms with Crippen molar-refractivity contribution in [2.75, 3.05) is 33.7 Å². The van der Waals surface area contributed by atoms with E-state index in [0.717, 1.165) is 71.3 Å². The van der Waals surface area contributed by atoms with Gasteiger partial charge in [0.05, 0.1) is 6.54 Å². The molecule has 0 radical (unpaired) electrons.